The Balaban J connectivity index is 1.93. The van der Waals surface area contributed by atoms with Gasteiger partial charge >= 0.3 is 0 Å². The first-order valence-electron chi connectivity index (χ1n) is 6.45. The van der Waals surface area contributed by atoms with E-state index in [9.17, 15) is 0 Å². The van der Waals surface area contributed by atoms with Gasteiger partial charge in [-0.25, -0.2) is 0 Å². The van der Waals surface area contributed by atoms with Crippen molar-refractivity contribution in [1.82, 2.24) is 9.78 Å². The molecule has 3 rings (SSSR count). The minimum atomic E-state index is -0.0143. The summed E-state index contributed by atoms with van der Waals surface area (Å²) in [5, 5.41) is 6.72. The molecule has 2 N–H and O–H groups in total. The fraction of sp³-hybridized carbons (Fsp3) is 0.188. The number of hydrogen-bond acceptors (Lipinski definition) is 2. The Morgan fingerprint density at radius 3 is 2.74 bits per heavy atom. The molecule has 3 aromatic rings. The fourth-order valence-electron chi connectivity index (χ4n) is 2.46. The Morgan fingerprint density at radius 2 is 1.95 bits per heavy atom. The van der Waals surface area contributed by atoms with E-state index >= 15 is 0 Å². The number of hydrogen-bond donors (Lipinski definition) is 1. The third-order valence-corrected chi connectivity index (χ3v) is 3.47. The van der Waals surface area contributed by atoms with Gasteiger partial charge in [-0.1, -0.05) is 42.5 Å². The van der Waals surface area contributed by atoms with Crippen molar-refractivity contribution in [3.05, 3.63) is 66.0 Å². The lowest BCUT2D eigenvalue weighted by Crippen LogP contribution is -2.12. The van der Waals surface area contributed by atoms with E-state index in [0.717, 1.165) is 12.0 Å². The van der Waals surface area contributed by atoms with E-state index in [1.165, 1.54) is 16.3 Å². The molecule has 0 aliphatic carbocycles. The summed E-state index contributed by atoms with van der Waals surface area (Å²) in [6.45, 7) is 0. The summed E-state index contributed by atoms with van der Waals surface area (Å²) in [7, 11) is 1.91. The first kappa shape index (κ1) is 11.9. The Morgan fingerprint density at radius 1 is 1.16 bits per heavy atom. The molecule has 1 atom stereocenters. The lowest BCUT2D eigenvalue weighted by Gasteiger charge is -2.12. The molecule has 0 bridgehead atoms. The zero-order valence-electron chi connectivity index (χ0n) is 11.0. The maximum atomic E-state index is 6.28. The van der Waals surface area contributed by atoms with E-state index in [4.69, 9.17) is 5.73 Å². The number of nitrogens with two attached hydrogens (primary N) is 1. The minimum Gasteiger partial charge on any atom is -0.324 e. The molecule has 1 aromatic heterocycles. The molecular formula is C16H17N3. The Labute approximate surface area is 112 Å². The summed E-state index contributed by atoms with van der Waals surface area (Å²) in [6, 6.07) is 14.8. The second-order valence-electron chi connectivity index (χ2n) is 4.90. The van der Waals surface area contributed by atoms with E-state index in [1.807, 2.05) is 19.4 Å². The average Bonchev–Trinajstić information content (AvgIpc) is 2.86. The summed E-state index contributed by atoms with van der Waals surface area (Å²) < 4.78 is 1.79. The molecule has 0 radical (unpaired) electrons. The molecule has 0 amide bonds. The van der Waals surface area contributed by atoms with Gasteiger partial charge in [0, 0.05) is 24.8 Å². The zero-order valence-corrected chi connectivity index (χ0v) is 11.0. The van der Waals surface area contributed by atoms with Crippen molar-refractivity contribution < 1.29 is 0 Å². The number of aryl methyl sites for hydroxylation is 1. The molecule has 0 spiro atoms. The second-order valence-corrected chi connectivity index (χ2v) is 4.90. The van der Waals surface area contributed by atoms with Gasteiger partial charge in [0.15, 0.2) is 0 Å². The minimum absolute atomic E-state index is 0.0143. The van der Waals surface area contributed by atoms with Crippen molar-refractivity contribution in [1.29, 1.82) is 0 Å². The van der Waals surface area contributed by atoms with E-state index in [2.05, 4.69) is 47.6 Å². The zero-order chi connectivity index (χ0) is 13.2. The molecule has 1 heterocycles. The van der Waals surface area contributed by atoms with Crippen LogP contribution in [0.5, 0.6) is 0 Å². The molecule has 0 saturated heterocycles. The van der Waals surface area contributed by atoms with Gasteiger partial charge in [-0.05, 0) is 22.8 Å². The predicted molar refractivity (Wildman–Crippen MR) is 77.8 cm³/mol. The van der Waals surface area contributed by atoms with Gasteiger partial charge in [-0.15, -0.1) is 0 Å². The summed E-state index contributed by atoms with van der Waals surface area (Å²) in [5.41, 5.74) is 8.64. The maximum absolute atomic E-state index is 6.28. The lowest BCUT2D eigenvalue weighted by atomic mass is 9.97. The predicted octanol–water partition coefficient (Wildman–Crippen LogP) is 2.82. The van der Waals surface area contributed by atoms with E-state index in [0.29, 0.717) is 0 Å². The normalized spacial score (nSPS) is 12.7. The highest BCUT2D eigenvalue weighted by atomic mass is 15.2. The van der Waals surface area contributed by atoms with Gasteiger partial charge < -0.3 is 5.73 Å². The summed E-state index contributed by atoms with van der Waals surface area (Å²) in [5.74, 6) is 0. The monoisotopic (exact) mass is 251 g/mol. The maximum Gasteiger partial charge on any atom is 0.0537 e. The van der Waals surface area contributed by atoms with Crippen LogP contribution < -0.4 is 5.73 Å². The third kappa shape index (κ3) is 2.37. The number of nitrogens with zero attached hydrogens (tertiary/aromatic N) is 2. The van der Waals surface area contributed by atoms with Crippen LogP contribution >= 0.6 is 0 Å². The molecule has 0 aliphatic heterocycles. The van der Waals surface area contributed by atoms with E-state index in [1.54, 1.807) is 4.68 Å². The van der Waals surface area contributed by atoms with E-state index in [-0.39, 0.29) is 6.04 Å². The summed E-state index contributed by atoms with van der Waals surface area (Å²) >= 11 is 0. The molecule has 1 unspecified atom stereocenters. The number of benzene rings is 2. The molecule has 96 valence electrons. The van der Waals surface area contributed by atoms with Gasteiger partial charge in [0.05, 0.1) is 6.20 Å². The Bertz CT molecular complexity index is 695. The van der Waals surface area contributed by atoms with Crippen LogP contribution in [0.25, 0.3) is 10.8 Å². The van der Waals surface area contributed by atoms with Gasteiger partial charge in [0.25, 0.3) is 0 Å². The highest BCUT2D eigenvalue weighted by Crippen LogP contribution is 2.23. The van der Waals surface area contributed by atoms with Crippen LogP contribution in [-0.4, -0.2) is 9.78 Å². The average molecular weight is 251 g/mol. The van der Waals surface area contributed by atoms with Crippen LogP contribution in [0, 0.1) is 0 Å². The Kier molecular flexibility index (Phi) is 3.05. The Hall–Kier alpha value is -2.13. The number of rotatable bonds is 3. The third-order valence-electron chi connectivity index (χ3n) is 3.47. The summed E-state index contributed by atoms with van der Waals surface area (Å²) in [4.78, 5) is 0. The number of aromatic nitrogens is 2. The van der Waals surface area contributed by atoms with Crippen LogP contribution in [-0.2, 0) is 13.5 Å². The highest BCUT2D eigenvalue weighted by molar-refractivity contribution is 5.85. The van der Waals surface area contributed by atoms with Gasteiger partial charge in [0.1, 0.15) is 0 Å². The smallest absolute Gasteiger partial charge is 0.0537 e. The van der Waals surface area contributed by atoms with Crippen LogP contribution in [0.4, 0.5) is 0 Å². The van der Waals surface area contributed by atoms with Gasteiger partial charge in [-0.2, -0.15) is 5.10 Å². The molecule has 0 aliphatic rings. The molecule has 0 fully saturated rings. The van der Waals surface area contributed by atoms with Gasteiger partial charge in [0.2, 0.25) is 0 Å². The SMILES string of the molecule is Cn1cc(C(N)Cc2cccc3ccccc23)cn1. The van der Waals surface area contributed by atoms with Crippen molar-refractivity contribution >= 4 is 10.8 Å². The second kappa shape index (κ2) is 4.86. The van der Waals surface area contributed by atoms with Crippen LogP contribution in [0.2, 0.25) is 0 Å². The molecule has 0 saturated carbocycles. The van der Waals surface area contributed by atoms with Crippen molar-refractivity contribution in [2.45, 2.75) is 12.5 Å². The molecule has 3 nitrogen and oxygen atoms in total. The largest absolute Gasteiger partial charge is 0.324 e. The number of fused-ring (bicyclic) bond motifs is 1. The van der Waals surface area contributed by atoms with Crippen LogP contribution in [0.15, 0.2) is 54.9 Å². The quantitative estimate of drug-likeness (QED) is 0.778. The summed E-state index contributed by atoms with van der Waals surface area (Å²) in [6.07, 6.45) is 4.65. The van der Waals surface area contributed by atoms with Crippen molar-refractivity contribution in [3.8, 4) is 0 Å². The molecule has 2 aromatic carbocycles. The lowest BCUT2D eigenvalue weighted by molar-refractivity contribution is 0.720. The van der Waals surface area contributed by atoms with Gasteiger partial charge in [-0.3, -0.25) is 4.68 Å². The molecule has 3 heteroatoms. The first-order chi connectivity index (χ1) is 9.24. The van der Waals surface area contributed by atoms with Crippen molar-refractivity contribution in [2.24, 2.45) is 12.8 Å². The highest BCUT2D eigenvalue weighted by Gasteiger charge is 2.10. The first-order valence-corrected chi connectivity index (χ1v) is 6.45. The standard InChI is InChI=1S/C16H17N3/c1-19-11-14(10-18-19)16(17)9-13-7-4-6-12-5-2-3-8-15(12)13/h2-8,10-11,16H,9,17H2,1H3. The fourth-order valence-corrected chi connectivity index (χ4v) is 2.46. The topological polar surface area (TPSA) is 43.8 Å². The molecular weight excluding hydrogens is 234 g/mol. The van der Waals surface area contributed by atoms with Crippen LogP contribution in [0.1, 0.15) is 17.2 Å². The van der Waals surface area contributed by atoms with Crippen molar-refractivity contribution in [2.75, 3.05) is 0 Å². The van der Waals surface area contributed by atoms with E-state index < -0.39 is 0 Å². The molecule has 19 heavy (non-hydrogen) atoms. The van der Waals surface area contributed by atoms with Crippen LogP contribution in [0.3, 0.4) is 0 Å². The van der Waals surface area contributed by atoms with Crippen molar-refractivity contribution in [3.63, 3.8) is 0 Å².